The predicted octanol–water partition coefficient (Wildman–Crippen LogP) is 1.50. The Morgan fingerprint density at radius 2 is 2.29 bits per heavy atom. The molecule has 1 aromatic carbocycles. The fourth-order valence-corrected chi connectivity index (χ4v) is 3.39. The molecule has 118 valence electrons. The van der Waals surface area contributed by atoms with E-state index >= 15 is 0 Å². The van der Waals surface area contributed by atoms with Crippen LogP contribution in [0.25, 0.3) is 0 Å². The Morgan fingerprint density at radius 3 is 2.90 bits per heavy atom. The number of rotatable bonds is 6. The highest BCUT2D eigenvalue weighted by Gasteiger charge is 2.22. The zero-order valence-electron chi connectivity index (χ0n) is 11.8. The van der Waals surface area contributed by atoms with Crippen molar-refractivity contribution in [3.8, 4) is 0 Å². The number of nitrogens with one attached hydrogen (secondary N) is 2. The van der Waals surface area contributed by atoms with Crippen molar-refractivity contribution in [2.75, 3.05) is 20.1 Å². The van der Waals surface area contributed by atoms with Crippen molar-refractivity contribution in [2.24, 2.45) is 0 Å². The first-order valence-electron chi connectivity index (χ1n) is 6.77. The zero-order valence-corrected chi connectivity index (χ0v) is 13.3. The molecule has 0 aromatic heterocycles. The Morgan fingerprint density at radius 1 is 1.52 bits per heavy atom. The van der Waals surface area contributed by atoms with Gasteiger partial charge in [0.1, 0.15) is 5.82 Å². The molecule has 0 spiro atoms. The molecule has 1 aromatic rings. The van der Waals surface area contributed by atoms with E-state index in [1.807, 2.05) is 0 Å². The van der Waals surface area contributed by atoms with Crippen molar-refractivity contribution in [1.29, 1.82) is 0 Å². The maximum absolute atomic E-state index is 13.7. The van der Waals surface area contributed by atoms with Gasteiger partial charge in [0.2, 0.25) is 0 Å². The van der Waals surface area contributed by atoms with Crippen molar-refractivity contribution in [1.82, 2.24) is 14.3 Å². The molecule has 1 atom stereocenters. The van der Waals surface area contributed by atoms with Crippen LogP contribution in [0.3, 0.4) is 0 Å². The van der Waals surface area contributed by atoms with Crippen LogP contribution >= 0.6 is 11.6 Å². The molecule has 1 unspecified atom stereocenters. The Labute approximate surface area is 129 Å². The lowest BCUT2D eigenvalue weighted by molar-refractivity contribution is 0.441. The predicted molar refractivity (Wildman–Crippen MR) is 80.8 cm³/mol. The quantitative estimate of drug-likeness (QED) is 0.828. The fourth-order valence-electron chi connectivity index (χ4n) is 2.24. The minimum absolute atomic E-state index is 0.112. The van der Waals surface area contributed by atoms with Gasteiger partial charge < -0.3 is 5.32 Å². The fraction of sp³-hybridized carbons (Fsp3) is 0.538. The number of hydrogen-bond donors (Lipinski definition) is 2. The van der Waals surface area contributed by atoms with Gasteiger partial charge >= 0.3 is 0 Å². The van der Waals surface area contributed by atoms with E-state index in [0.717, 1.165) is 23.7 Å². The SMILES string of the molecule is CN(Cc1c(F)cccc1Cl)S(=O)(=O)NCC1CCCN1. The molecule has 8 heteroatoms. The van der Waals surface area contributed by atoms with Gasteiger partial charge in [0.25, 0.3) is 10.2 Å². The summed E-state index contributed by atoms with van der Waals surface area (Å²) in [5.74, 6) is -0.512. The normalized spacial score (nSPS) is 19.3. The van der Waals surface area contributed by atoms with Crippen molar-refractivity contribution in [3.63, 3.8) is 0 Å². The zero-order chi connectivity index (χ0) is 15.5. The van der Waals surface area contributed by atoms with Crippen LogP contribution in [0.1, 0.15) is 18.4 Å². The number of hydrogen-bond acceptors (Lipinski definition) is 3. The molecule has 21 heavy (non-hydrogen) atoms. The Balaban J connectivity index is 1.99. The molecule has 1 aliphatic heterocycles. The number of halogens is 2. The van der Waals surface area contributed by atoms with Crippen LogP contribution in [-0.2, 0) is 16.8 Å². The van der Waals surface area contributed by atoms with E-state index < -0.39 is 16.0 Å². The summed E-state index contributed by atoms with van der Waals surface area (Å²) in [5, 5.41) is 3.43. The van der Waals surface area contributed by atoms with Gasteiger partial charge in [-0.15, -0.1) is 0 Å². The van der Waals surface area contributed by atoms with E-state index in [9.17, 15) is 12.8 Å². The average Bonchev–Trinajstić information content (AvgIpc) is 2.94. The molecule has 1 saturated heterocycles. The van der Waals surface area contributed by atoms with Crippen LogP contribution < -0.4 is 10.0 Å². The van der Waals surface area contributed by atoms with Crippen LogP contribution in [0.5, 0.6) is 0 Å². The summed E-state index contributed by atoms with van der Waals surface area (Å²) in [4.78, 5) is 0. The smallest absolute Gasteiger partial charge is 0.279 e. The maximum atomic E-state index is 13.7. The summed E-state index contributed by atoms with van der Waals surface area (Å²) < 4.78 is 41.6. The Bertz CT molecular complexity index is 571. The monoisotopic (exact) mass is 335 g/mol. The summed E-state index contributed by atoms with van der Waals surface area (Å²) in [5.41, 5.74) is 0.172. The first-order chi connectivity index (χ1) is 9.90. The van der Waals surface area contributed by atoms with Crippen LogP contribution in [0.2, 0.25) is 5.02 Å². The highest BCUT2D eigenvalue weighted by atomic mass is 35.5. The average molecular weight is 336 g/mol. The third-order valence-corrected chi connectivity index (χ3v) is 5.36. The molecule has 0 aliphatic carbocycles. The first-order valence-corrected chi connectivity index (χ1v) is 8.59. The molecule has 1 heterocycles. The molecule has 0 amide bonds. The van der Waals surface area contributed by atoms with Gasteiger partial charge in [0.05, 0.1) is 0 Å². The van der Waals surface area contributed by atoms with E-state index in [1.54, 1.807) is 0 Å². The first kappa shape index (κ1) is 16.6. The lowest BCUT2D eigenvalue weighted by atomic mass is 10.2. The van der Waals surface area contributed by atoms with Gasteiger partial charge in [-0.2, -0.15) is 12.7 Å². The van der Waals surface area contributed by atoms with Crippen LogP contribution in [0.15, 0.2) is 18.2 Å². The molecule has 0 bridgehead atoms. The minimum Gasteiger partial charge on any atom is -0.313 e. The van der Waals surface area contributed by atoms with Crippen LogP contribution in [0, 0.1) is 5.82 Å². The summed E-state index contributed by atoms with van der Waals surface area (Å²) in [6.07, 6.45) is 2.00. The summed E-state index contributed by atoms with van der Waals surface area (Å²) in [6.45, 7) is 1.13. The maximum Gasteiger partial charge on any atom is 0.279 e. The summed E-state index contributed by atoms with van der Waals surface area (Å²) in [7, 11) is -2.27. The second-order valence-electron chi connectivity index (χ2n) is 5.10. The van der Waals surface area contributed by atoms with Gasteiger partial charge in [0.15, 0.2) is 0 Å². The molecule has 5 nitrogen and oxygen atoms in total. The molecule has 0 saturated carbocycles. The highest BCUT2D eigenvalue weighted by Crippen LogP contribution is 2.21. The third-order valence-electron chi connectivity index (χ3n) is 3.53. The molecule has 2 N–H and O–H groups in total. The van der Waals surface area contributed by atoms with Crippen LogP contribution in [-0.4, -0.2) is 38.9 Å². The van der Waals surface area contributed by atoms with E-state index in [1.165, 1.54) is 25.2 Å². The van der Waals surface area contributed by atoms with Crippen LogP contribution in [0.4, 0.5) is 4.39 Å². The molecule has 2 rings (SSSR count). The lowest BCUT2D eigenvalue weighted by Crippen LogP contribution is -2.43. The molecular weight excluding hydrogens is 317 g/mol. The molecular formula is C13H19ClFN3O2S. The van der Waals surface area contributed by atoms with E-state index in [-0.39, 0.29) is 23.2 Å². The standard InChI is InChI=1S/C13H19ClFN3O2S/c1-18(9-11-12(14)5-2-6-13(11)15)21(19,20)17-8-10-4-3-7-16-10/h2,5-6,10,16-17H,3-4,7-9H2,1H3. The minimum atomic E-state index is -3.66. The van der Waals surface area contributed by atoms with Crippen molar-refractivity contribution < 1.29 is 12.8 Å². The topological polar surface area (TPSA) is 61.4 Å². The summed E-state index contributed by atoms with van der Waals surface area (Å²) in [6, 6.07) is 4.44. The van der Waals surface area contributed by atoms with Gasteiger partial charge in [-0.25, -0.2) is 9.11 Å². The molecule has 0 radical (unpaired) electrons. The van der Waals surface area contributed by atoms with Gasteiger partial charge in [-0.05, 0) is 31.5 Å². The highest BCUT2D eigenvalue weighted by molar-refractivity contribution is 7.87. The van der Waals surface area contributed by atoms with Crippen molar-refractivity contribution >= 4 is 21.8 Å². The Kier molecular flexibility index (Phi) is 5.56. The van der Waals surface area contributed by atoms with Gasteiger partial charge in [0, 0.05) is 36.8 Å². The molecule has 1 fully saturated rings. The van der Waals surface area contributed by atoms with Crippen molar-refractivity contribution in [3.05, 3.63) is 34.6 Å². The lowest BCUT2D eigenvalue weighted by Gasteiger charge is -2.20. The second kappa shape index (κ2) is 7.02. The van der Waals surface area contributed by atoms with Crippen molar-refractivity contribution in [2.45, 2.75) is 25.4 Å². The molecule has 1 aliphatic rings. The number of benzene rings is 1. The Hall–Kier alpha value is -0.730. The van der Waals surface area contributed by atoms with E-state index in [0.29, 0.717) is 6.54 Å². The van der Waals surface area contributed by atoms with Gasteiger partial charge in [-0.3, -0.25) is 0 Å². The summed E-state index contributed by atoms with van der Waals surface area (Å²) >= 11 is 5.91. The second-order valence-corrected chi connectivity index (χ2v) is 7.37. The number of nitrogens with zero attached hydrogens (tertiary/aromatic N) is 1. The largest absolute Gasteiger partial charge is 0.313 e. The van der Waals surface area contributed by atoms with E-state index in [4.69, 9.17) is 11.6 Å². The van der Waals surface area contributed by atoms with Gasteiger partial charge in [-0.1, -0.05) is 17.7 Å². The van der Waals surface area contributed by atoms with E-state index in [2.05, 4.69) is 10.0 Å². The third kappa shape index (κ3) is 4.37.